The zero-order valence-corrected chi connectivity index (χ0v) is 9.57. The molecule has 0 fully saturated rings. The highest BCUT2D eigenvalue weighted by atomic mass is 28.2. The van der Waals surface area contributed by atoms with Gasteiger partial charge in [0.1, 0.15) is 0 Å². The second kappa shape index (κ2) is 7.71. The highest BCUT2D eigenvalue weighted by molar-refractivity contribution is 6.35. The zero-order chi connectivity index (χ0) is 9.40. The number of hydrogen-bond acceptors (Lipinski definition) is 0. The van der Waals surface area contributed by atoms with Crippen molar-refractivity contribution >= 4 is 9.52 Å². The molecule has 0 saturated heterocycles. The van der Waals surface area contributed by atoms with E-state index in [4.69, 9.17) is 0 Å². The van der Waals surface area contributed by atoms with Crippen LogP contribution in [-0.4, -0.2) is 15.9 Å². The van der Waals surface area contributed by atoms with Crippen molar-refractivity contribution in [3.63, 3.8) is 0 Å². The smallest absolute Gasteiger partial charge is 0.211 e. The Labute approximate surface area is 76.6 Å². The van der Waals surface area contributed by atoms with Crippen LogP contribution < -0.4 is 0 Å². The summed E-state index contributed by atoms with van der Waals surface area (Å²) in [5.74, 6) is 0.822. The Kier molecular flexibility index (Phi) is 7.76. The van der Waals surface area contributed by atoms with Gasteiger partial charge in [-0.15, -0.1) is 0 Å². The molecule has 1 unspecified atom stereocenters. The number of rotatable bonds is 7. The van der Waals surface area contributed by atoms with E-state index in [0.29, 0.717) is 0 Å². The predicted octanol–water partition coefficient (Wildman–Crippen LogP) is 3.08. The van der Waals surface area contributed by atoms with Gasteiger partial charge < -0.3 is 0 Å². The van der Waals surface area contributed by atoms with Crippen LogP contribution in [-0.2, 0) is 0 Å². The summed E-state index contributed by atoms with van der Waals surface area (Å²) < 4.78 is 23.4. The number of halogens is 2. The van der Waals surface area contributed by atoms with E-state index in [-0.39, 0.29) is 15.9 Å². The molecule has 0 nitrogen and oxygen atoms in total. The minimum absolute atomic E-state index is 0.0234. The third-order valence-corrected chi connectivity index (χ3v) is 4.71. The van der Waals surface area contributed by atoms with Crippen molar-refractivity contribution in [2.24, 2.45) is 5.92 Å². The van der Waals surface area contributed by atoms with Gasteiger partial charge in [-0.25, -0.2) is 8.78 Å². The highest BCUT2D eigenvalue weighted by Crippen LogP contribution is 2.10. The van der Waals surface area contributed by atoms with Crippen LogP contribution in [0.1, 0.15) is 33.1 Å². The van der Waals surface area contributed by atoms with Crippen LogP contribution >= 0.6 is 0 Å². The molecule has 12 heavy (non-hydrogen) atoms. The van der Waals surface area contributed by atoms with Crippen molar-refractivity contribution in [2.45, 2.75) is 51.6 Å². The number of alkyl halides is 2. The van der Waals surface area contributed by atoms with E-state index < -0.39 is 6.43 Å². The molecule has 0 aromatic heterocycles. The number of hydrogen-bond donors (Lipinski definition) is 0. The topological polar surface area (TPSA) is 0 Å². The first-order valence-corrected chi connectivity index (χ1v) is 6.95. The SMILES string of the molecule is CCC(C)C[SiH2]CCCC(F)F. The minimum atomic E-state index is -2.08. The van der Waals surface area contributed by atoms with Crippen molar-refractivity contribution < 1.29 is 8.78 Å². The predicted molar refractivity (Wildman–Crippen MR) is 52.9 cm³/mol. The summed E-state index contributed by atoms with van der Waals surface area (Å²) in [4.78, 5) is 0. The molecular weight excluding hydrogens is 174 g/mol. The van der Waals surface area contributed by atoms with Gasteiger partial charge in [-0.05, 0) is 5.92 Å². The van der Waals surface area contributed by atoms with Gasteiger partial charge in [0.2, 0.25) is 6.43 Å². The fourth-order valence-corrected chi connectivity index (χ4v) is 3.21. The Morgan fingerprint density at radius 2 is 2.00 bits per heavy atom. The second-order valence-corrected chi connectivity index (χ2v) is 5.53. The summed E-state index contributed by atoms with van der Waals surface area (Å²) in [5, 5.41) is 0. The maximum Gasteiger partial charge on any atom is 0.238 e. The lowest BCUT2D eigenvalue weighted by atomic mass is 10.2. The van der Waals surface area contributed by atoms with Crippen LogP contribution in [0.4, 0.5) is 8.78 Å². The minimum Gasteiger partial charge on any atom is -0.211 e. The largest absolute Gasteiger partial charge is 0.238 e. The lowest BCUT2D eigenvalue weighted by Gasteiger charge is -2.06. The molecule has 0 saturated carbocycles. The molecule has 0 aliphatic carbocycles. The van der Waals surface area contributed by atoms with Gasteiger partial charge in [0, 0.05) is 15.9 Å². The van der Waals surface area contributed by atoms with E-state index in [1.807, 2.05) is 0 Å². The molecule has 3 heteroatoms. The molecule has 0 heterocycles. The molecule has 0 aromatic rings. The molecule has 0 N–H and O–H groups in total. The van der Waals surface area contributed by atoms with Crippen LogP contribution in [0.5, 0.6) is 0 Å². The maximum atomic E-state index is 11.7. The fraction of sp³-hybridized carbons (Fsp3) is 1.00. The third kappa shape index (κ3) is 8.18. The molecular formula is C9H20F2Si. The monoisotopic (exact) mass is 194 g/mol. The Hall–Kier alpha value is 0.0769. The van der Waals surface area contributed by atoms with E-state index >= 15 is 0 Å². The Morgan fingerprint density at radius 1 is 1.33 bits per heavy atom. The second-order valence-electron chi connectivity index (χ2n) is 3.54. The molecule has 1 atom stereocenters. The molecule has 0 aliphatic rings. The fourth-order valence-electron chi connectivity index (χ4n) is 1.17. The quantitative estimate of drug-likeness (QED) is 0.431. The van der Waals surface area contributed by atoms with Crippen LogP contribution in [0.3, 0.4) is 0 Å². The van der Waals surface area contributed by atoms with E-state index in [2.05, 4.69) is 13.8 Å². The Balaban J connectivity index is 3.00. The lowest BCUT2D eigenvalue weighted by Crippen LogP contribution is -1.99. The van der Waals surface area contributed by atoms with Crippen molar-refractivity contribution in [1.82, 2.24) is 0 Å². The average Bonchev–Trinajstić information content (AvgIpc) is 2.03. The molecule has 0 radical (unpaired) electrons. The van der Waals surface area contributed by atoms with E-state index in [1.165, 1.54) is 12.5 Å². The van der Waals surface area contributed by atoms with E-state index in [0.717, 1.165) is 18.4 Å². The van der Waals surface area contributed by atoms with Crippen LogP contribution in [0.2, 0.25) is 12.1 Å². The van der Waals surface area contributed by atoms with E-state index in [1.54, 1.807) is 0 Å². The van der Waals surface area contributed by atoms with Crippen LogP contribution in [0.15, 0.2) is 0 Å². The summed E-state index contributed by atoms with van der Waals surface area (Å²) in [5.41, 5.74) is 0. The first-order valence-electron chi connectivity index (χ1n) is 4.95. The van der Waals surface area contributed by atoms with Gasteiger partial charge in [0.25, 0.3) is 0 Å². The van der Waals surface area contributed by atoms with Gasteiger partial charge in [0.05, 0.1) is 0 Å². The third-order valence-electron chi connectivity index (χ3n) is 2.32. The van der Waals surface area contributed by atoms with Gasteiger partial charge in [-0.1, -0.05) is 38.8 Å². The van der Waals surface area contributed by atoms with Crippen molar-refractivity contribution in [1.29, 1.82) is 0 Å². The Bertz CT molecular complexity index is 96.5. The normalized spacial score (nSPS) is 14.8. The van der Waals surface area contributed by atoms with Gasteiger partial charge in [0.15, 0.2) is 0 Å². The van der Waals surface area contributed by atoms with Crippen LogP contribution in [0, 0.1) is 5.92 Å². The summed E-state index contributed by atoms with van der Waals surface area (Å²) in [6.45, 7) is 4.44. The van der Waals surface area contributed by atoms with Gasteiger partial charge in [-0.3, -0.25) is 0 Å². The molecule has 0 spiro atoms. The average molecular weight is 194 g/mol. The molecule has 74 valence electrons. The lowest BCUT2D eigenvalue weighted by molar-refractivity contribution is 0.136. The van der Waals surface area contributed by atoms with E-state index in [9.17, 15) is 8.78 Å². The first kappa shape index (κ1) is 12.1. The first-order chi connectivity index (χ1) is 5.66. The summed E-state index contributed by atoms with van der Waals surface area (Å²) in [6.07, 6.45) is 0.0259. The molecule has 0 aromatic carbocycles. The molecule has 0 amide bonds. The molecule has 0 rings (SSSR count). The summed E-state index contributed by atoms with van der Waals surface area (Å²) in [6, 6.07) is 2.44. The van der Waals surface area contributed by atoms with Crippen LogP contribution in [0.25, 0.3) is 0 Å². The van der Waals surface area contributed by atoms with Gasteiger partial charge >= 0.3 is 0 Å². The van der Waals surface area contributed by atoms with Gasteiger partial charge in [-0.2, -0.15) is 0 Å². The van der Waals surface area contributed by atoms with Crippen molar-refractivity contribution in [3.05, 3.63) is 0 Å². The molecule has 0 bridgehead atoms. The zero-order valence-electron chi connectivity index (χ0n) is 8.15. The standard InChI is InChI=1S/C9H20F2Si/c1-3-8(2)7-12-6-4-5-9(10)11/h8-9H,3-7,12H2,1-2H3. The Morgan fingerprint density at radius 3 is 2.50 bits per heavy atom. The summed E-state index contributed by atoms with van der Waals surface area (Å²) >= 11 is 0. The maximum absolute atomic E-state index is 11.7. The van der Waals surface area contributed by atoms with Crippen molar-refractivity contribution in [3.8, 4) is 0 Å². The molecule has 0 aliphatic heterocycles. The van der Waals surface area contributed by atoms with Crippen molar-refractivity contribution in [2.75, 3.05) is 0 Å². The summed E-state index contributed by atoms with van der Waals surface area (Å²) in [7, 11) is -0.0234. The highest BCUT2D eigenvalue weighted by Gasteiger charge is 2.02.